The van der Waals surface area contributed by atoms with Gasteiger partial charge in [0.2, 0.25) is 10.0 Å². The minimum Gasteiger partial charge on any atom is -0.495 e. The molecule has 0 aliphatic heterocycles. The Morgan fingerprint density at radius 3 is 2.67 bits per heavy atom. The van der Waals surface area contributed by atoms with Crippen molar-refractivity contribution < 1.29 is 13.2 Å². The molecule has 0 unspecified atom stereocenters. The van der Waals surface area contributed by atoms with E-state index in [2.05, 4.69) is 4.72 Å². The molecular formula is C11H15N3O3S. The fraction of sp³-hybridized carbons (Fsp3) is 0.364. The van der Waals surface area contributed by atoms with Gasteiger partial charge in [0.05, 0.1) is 18.0 Å². The smallest absolute Gasteiger partial charge is 0.235 e. The Balaban J connectivity index is 2.30. The van der Waals surface area contributed by atoms with Crippen LogP contribution >= 0.6 is 0 Å². The molecule has 0 heterocycles. The number of benzene rings is 1. The summed E-state index contributed by atoms with van der Waals surface area (Å²) in [5, 5.41) is 7.02. The van der Waals surface area contributed by atoms with Crippen molar-refractivity contribution in [3.63, 3.8) is 0 Å². The fourth-order valence-corrected chi connectivity index (χ4v) is 2.96. The van der Waals surface area contributed by atoms with Gasteiger partial charge < -0.3 is 10.5 Å². The molecule has 1 aromatic rings. The van der Waals surface area contributed by atoms with E-state index in [4.69, 9.17) is 15.9 Å². The Morgan fingerprint density at radius 1 is 1.50 bits per heavy atom. The minimum atomic E-state index is -3.32. The quantitative estimate of drug-likeness (QED) is 0.545. The molecule has 0 saturated heterocycles. The van der Waals surface area contributed by atoms with Crippen LogP contribution in [0.3, 0.4) is 0 Å². The number of rotatable bonds is 5. The Kier molecular flexibility index (Phi) is 3.16. The van der Waals surface area contributed by atoms with Crippen molar-refractivity contribution in [3.8, 4) is 5.75 Å². The summed E-state index contributed by atoms with van der Waals surface area (Å²) < 4.78 is 31.2. The number of hydrogen-bond donors (Lipinski definition) is 3. The van der Waals surface area contributed by atoms with Crippen molar-refractivity contribution in [2.75, 3.05) is 11.8 Å². The second-order valence-electron chi connectivity index (χ2n) is 4.18. The predicted octanol–water partition coefficient (Wildman–Crippen LogP) is 0.883. The molecule has 1 fully saturated rings. The maximum absolute atomic E-state index is 11.8. The van der Waals surface area contributed by atoms with Crippen molar-refractivity contribution in [1.82, 2.24) is 0 Å². The van der Waals surface area contributed by atoms with Crippen LogP contribution in [0.15, 0.2) is 18.2 Å². The monoisotopic (exact) mass is 269 g/mol. The molecule has 4 N–H and O–H groups in total. The van der Waals surface area contributed by atoms with Gasteiger partial charge >= 0.3 is 0 Å². The summed E-state index contributed by atoms with van der Waals surface area (Å²) in [6.07, 6.45) is 1.40. The highest BCUT2D eigenvalue weighted by Crippen LogP contribution is 2.33. The van der Waals surface area contributed by atoms with Crippen LogP contribution in [0.5, 0.6) is 5.75 Å². The first kappa shape index (κ1) is 12.7. The lowest BCUT2D eigenvalue weighted by Gasteiger charge is -2.12. The Morgan fingerprint density at radius 2 is 2.17 bits per heavy atom. The number of nitrogen functional groups attached to an aromatic ring is 1. The standard InChI is InChI=1S/C11H15N3O3S/c1-17-10-6-7(11(12)13)2-5-9(10)14-18(15,16)8-3-4-8/h2,5-6,8,14H,3-4H2,1H3,(H3,12,13). The zero-order valence-electron chi connectivity index (χ0n) is 9.93. The Hall–Kier alpha value is -1.76. The van der Waals surface area contributed by atoms with Crippen LogP contribution in [0.4, 0.5) is 5.69 Å². The first-order valence-corrected chi connectivity index (χ1v) is 7.03. The number of anilines is 1. The number of nitrogens with one attached hydrogen (secondary N) is 2. The first-order valence-electron chi connectivity index (χ1n) is 5.48. The van der Waals surface area contributed by atoms with Crippen molar-refractivity contribution in [2.24, 2.45) is 5.73 Å². The van der Waals surface area contributed by atoms with E-state index >= 15 is 0 Å². The molecule has 0 amide bonds. The largest absolute Gasteiger partial charge is 0.495 e. The molecule has 18 heavy (non-hydrogen) atoms. The highest BCUT2D eigenvalue weighted by Gasteiger charge is 2.36. The molecule has 1 aliphatic rings. The van der Waals surface area contributed by atoms with E-state index in [1.165, 1.54) is 13.2 Å². The van der Waals surface area contributed by atoms with Crippen molar-refractivity contribution in [3.05, 3.63) is 23.8 Å². The van der Waals surface area contributed by atoms with Gasteiger partial charge in [-0.05, 0) is 31.0 Å². The normalized spacial score (nSPS) is 15.2. The van der Waals surface area contributed by atoms with E-state index in [1.807, 2.05) is 0 Å². The number of nitrogens with two attached hydrogens (primary N) is 1. The zero-order valence-corrected chi connectivity index (χ0v) is 10.8. The molecule has 7 heteroatoms. The van der Waals surface area contributed by atoms with Crippen LogP contribution in [0, 0.1) is 5.41 Å². The number of ether oxygens (including phenoxy) is 1. The van der Waals surface area contributed by atoms with Crippen LogP contribution in [-0.2, 0) is 10.0 Å². The summed E-state index contributed by atoms with van der Waals surface area (Å²) in [5.41, 5.74) is 6.22. The van der Waals surface area contributed by atoms with Crippen LogP contribution in [-0.4, -0.2) is 26.6 Å². The van der Waals surface area contributed by atoms with E-state index in [0.29, 0.717) is 29.8 Å². The van der Waals surface area contributed by atoms with Gasteiger partial charge in [-0.1, -0.05) is 0 Å². The molecule has 0 atom stereocenters. The molecule has 98 valence electrons. The molecule has 1 saturated carbocycles. The average molecular weight is 269 g/mol. The van der Waals surface area contributed by atoms with Gasteiger partial charge in [0.25, 0.3) is 0 Å². The topological polar surface area (TPSA) is 105 Å². The molecule has 2 rings (SSSR count). The molecule has 1 aromatic carbocycles. The van der Waals surface area contributed by atoms with E-state index in [9.17, 15) is 8.42 Å². The number of hydrogen-bond acceptors (Lipinski definition) is 4. The van der Waals surface area contributed by atoms with E-state index < -0.39 is 10.0 Å². The summed E-state index contributed by atoms with van der Waals surface area (Å²) in [4.78, 5) is 0. The van der Waals surface area contributed by atoms with Gasteiger partial charge in [0.1, 0.15) is 11.6 Å². The van der Waals surface area contributed by atoms with Crippen LogP contribution in [0.2, 0.25) is 0 Å². The van der Waals surface area contributed by atoms with Gasteiger partial charge in [-0.15, -0.1) is 0 Å². The number of amidine groups is 1. The minimum absolute atomic E-state index is 0.0927. The Labute approximate surface area is 106 Å². The number of sulfonamides is 1. The summed E-state index contributed by atoms with van der Waals surface area (Å²) in [6, 6.07) is 4.66. The summed E-state index contributed by atoms with van der Waals surface area (Å²) >= 11 is 0. The van der Waals surface area contributed by atoms with Gasteiger partial charge in [-0.25, -0.2) is 8.42 Å². The third-order valence-electron chi connectivity index (χ3n) is 2.73. The second-order valence-corrected chi connectivity index (χ2v) is 6.14. The van der Waals surface area contributed by atoms with Crippen LogP contribution in [0.1, 0.15) is 18.4 Å². The lowest BCUT2D eigenvalue weighted by atomic mass is 10.2. The highest BCUT2D eigenvalue weighted by atomic mass is 32.2. The van der Waals surface area contributed by atoms with Crippen LogP contribution in [0.25, 0.3) is 0 Å². The van der Waals surface area contributed by atoms with E-state index in [0.717, 1.165) is 0 Å². The SMILES string of the molecule is COc1cc(C(=N)N)ccc1NS(=O)(=O)C1CC1. The molecule has 0 bridgehead atoms. The third-order valence-corrected chi connectivity index (χ3v) is 4.58. The molecular weight excluding hydrogens is 254 g/mol. The molecule has 0 aromatic heterocycles. The molecule has 1 aliphatic carbocycles. The number of methoxy groups -OCH3 is 1. The van der Waals surface area contributed by atoms with Crippen LogP contribution < -0.4 is 15.2 Å². The van der Waals surface area contributed by atoms with E-state index in [-0.39, 0.29) is 11.1 Å². The maximum Gasteiger partial charge on any atom is 0.235 e. The van der Waals surface area contributed by atoms with Gasteiger partial charge in [-0.3, -0.25) is 10.1 Å². The van der Waals surface area contributed by atoms with E-state index in [1.54, 1.807) is 12.1 Å². The lowest BCUT2D eigenvalue weighted by molar-refractivity contribution is 0.417. The first-order chi connectivity index (χ1) is 8.44. The molecule has 0 radical (unpaired) electrons. The molecule has 0 spiro atoms. The van der Waals surface area contributed by atoms with Crippen molar-refractivity contribution in [2.45, 2.75) is 18.1 Å². The third kappa shape index (κ3) is 2.56. The van der Waals surface area contributed by atoms with Crippen molar-refractivity contribution in [1.29, 1.82) is 5.41 Å². The van der Waals surface area contributed by atoms with Gasteiger partial charge in [0.15, 0.2) is 0 Å². The fourth-order valence-electron chi connectivity index (χ4n) is 1.56. The lowest BCUT2D eigenvalue weighted by Crippen LogP contribution is -2.18. The Bertz CT molecular complexity index is 579. The highest BCUT2D eigenvalue weighted by molar-refractivity contribution is 7.93. The maximum atomic E-state index is 11.8. The second kappa shape index (κ2) is 4.49. The summed E-state index contributed by atoms with van der Waals surface area (Å²) in [7, 11) is -1.88. The molecule has 6 nitrogen and oxygen atoms in total. The average Bonchev–Trinajstić information content (AvgIpc) is 3.12. The summed E-state index contributed by atoms with van der Waals surface area (Å²) in [5.74, 6) is 0.261. The van der Waals surface area contributed by atoms with Gasteiger partial charge in [-0.2, -0.15) is 0 Å². The zero-order chi connectivity index (χ0) is 13.3. The summed E-state index contributed by atoms with van der Waals surface area (Å²) in [6.45, 7) is 0. The predicted molar refractivity (Wildman–Crippen MR) is 69.6 cm³/mol. The van der Waals surface area contributed by atoms with Crippen molar-refractivity contribution >= 4 is 21.5 Å². The van der Waals surface area contributed by atoms with Gasteiger partial charge in [0, 0.05) is 5.56 Å².